The molecule has 1 saturated heterocycles. The molecule has 6 heteroatoms. The second-order valence-electron chi connectivity index (χ2n) is 4.61. The van der Waals surface area contributed by atoms with Crippen LogP contribution in [-0.4, -0.2) is 38.4 Å². The Balaban J connectivity index is 2.10. The first kappa shape index (κ1) is 14.5. The van der Waals surface area contributed by atoms with Gasteiger partial charge in [-0.25, -0.2) is 8.42 Å². The highest BCUT2D eigenvalue weighted by atomic mass is 35.5. The largest absolute Gasteiger partial charge is 0.312 e. The summed E-state index contributed by atoms with van der Waals surface area (Å²) in [6.07, 6.45) is 1.60. The van der Waals surface area contributed by atoms with Crippen LogP contribution in [0, 0.1) is 0 Å². The lowest BCUT2D eigenvalue weighted by Gasteiger charge is -2.29. The third-order valence-corrected chi connectivity index (χ3v) is 4.78. The highest BCUT2D eigenvalue weighted by Crippen LogP contribution is 2.13. The first-order valence-corrected chi connectivity index (χ1v) is 8.03. The fourth-order valence-electron chi connectivity index (χ4n) is 1.95. The molecule has 0 radical (unpaired) electrons. The molecule has 1 atom stereocenters. The molecule has 19 heavy (non-hydrogen) atoms. The van der Waals surface area contributed by atoms with Gasteiger partial charge < -0.3 is 5.32 Å². The summed E-state index contributed by atoms with van der Waals surface area (Å²) in [6, 6.07) is 7.23. The first-order chi connectivity index (χ1) is 8.97. The lowest BCUT2D eigenvalue weighted by molar-refractivity contribution is 0.313. The van der Waals surface area contributed by atoms with E-state index < -0.39 is 10.0 Å². The highest BCUT2D eigenvalue weighted by molar-refractivity contribution is 7.92. The normalized spacial score (nSPS) is 21.9. The average molecular weight is 301 g/mol. The van der Waals surface area contributed by atoms with Crippen LogP contribution in [0.15, 0.2) is 29.7 Å². The van der Waals surface area contributed by atoms with Crippen LogP contribution in [0.4, 0.5) is 0 Å². The van der Waals surface area contributed by atoms with Crippen LogP contribution >= 0.6 is 11.6 Å². The fourth-order valence-corrected chi connectivity index (χ4v) is 3.36. The van der Waals surface area contributed by atoms with E-state index in [1.54, 1.807) is 30.3 Å². The third-order valence-electron chi connectivity index (χ3n) is 2.99. The summed E-state index contributed by atoms with van der Waals surface area (Å²) in [5.74, 6) is 0. The summed E-state index contributed by atoms with van der Waals surface area (Å²) in [7, 11) is -3.34. The van der Waals surface area contributed by atoms with Crippen molar-refractivity contribution in [3.05, 3.63) is 40.3 Å². The van der Waals surface area contributed by atoms with Gasteiger partial charge in [-0.3, -0.25) is 0 Å². The van der Waals surface area contributed by atoms with Crippen molar-refractivity contribution >= 4 is 27.7 Å². The predicted molar refractivity (Wildman–Crippen MR) is 78.4 cm³/mol. The molecule has 0 amide bonds. The van der Waals surface area contributed by atoms with Crippen molar-refractivity contribution in [2.75, 3.05) is 19.6 Å². The molecular formula is C13H17ClN2O2S. The van der Waals surface area contributed by atoms with Gasteiger partial charge in [0.1, 0.15) is 0 Å². The second-order valence-corrected chi connectivity index (χ2v) is 6.87. The Morgan fingerprint density at radius 2 is 2.05 bits per heavy atom. The summed E-state index contributed by atoms with van der Waals surface area (Å²) < 4.78 is 25.8. The molecule has 1 N–H and O–H groups in total. The van der Waals surface area contributed by atoms with Crippen LogP contribution in [-0.2, 0) is 10.0 Å². The lowest BCUT2D eigenvalue weighted by atomic mass is 10.2. The van der Waals surface area contributed by atoms with Gasteiger partial charge in [0.25, 0.3) is 0 Å². The van der Waals surface area contributed by atoms with Crippen LogP contribution < -0.4 is 5.32 Å². The number of piperazine rings is 1. The minimum absolute atomic E-state index is 0.187. The maximum absolute atomic E-state index is 12.2. The summed E-state index contributed by atoms with van der Waals surface area (Å²) in [5.41, 5.74) is 0.816. The van der Waals surface area contributed by atoms with E-state index in [0.717, 1.165) is 5.56 Å². The molecule has 0 unspecified atom stereocenters. The predicted octanol–water partition coefficient (Wildman–Crippen LogP) is 1.93. The van der Waals surface area contributed by atoms with Gasteiger partial charge in [0.15, 0.2) is 0 Å². The van der Waals surface area contributed by atoms with Gasteiger partial charge >= 0.3 is 0 Å². The number of sulfonamides is 1. The van der Waals surface area contributed by atoms with Gasteiger partial charge in [0.2, 0.25) is 10.0 Å². The lowest BCUT2D eigenvalue weighted by Crippen LogP contribution is -2.50. The molecular weight excluding hydrogens is 284 g/mol. The van der Waals surface area contributed by atoms with Crippen LogP contribution in [0.2, 0.25) is 5.02 Å². The molecule has 0 bridgehead atoms. The Morgan fingerprint density at radius 3 is 2.68 bits per heavy atom. The van der Waals surface area contributed by atoms with Crippen molar-refractivity contribution in [2.45, 2.75) is 13.0 Å². The van der Waals surface area contributed by atoms with Crippen molar-refractivity contribution in [3.8, 4) is 0 Å². The van der Waals surface area contributed by atoms with Crippen LogP contribution in [0.25, 0.3) is 6.08 Å². The maximum Gasteiger partial charge on any atom is 0.236 e. The second kappa shape index (κ2) is 6.05. The van der Waals surface area contributed by atoms with Crippen molar-refractivity contribution in [2.24, 2.45) is 0 Å². The molecule has 104 valence electrons. The minimum atomic E-state index is -3.34. The summed E-state index contributed by atoms with van der Waals surface area (Å²) in [6.45, 7) is 3.69. The number of benzene rings is 1. The molecule has 1 fully saturated rings. The number of halogens is 1. The summed E-state index contributed by atoms with van der Waals surface area (Å²) >= 11 is 5.78. The van der Waals surface area contributed by atoms with Gasteiger partial charge in [-0.15, -0.1) is 0 Å². The molecule has 2 rings (SSSR count). The smallest absolute Gasteiger partial charge is 0.236 e. The number of nitrogens with zero attached hydrogens (tertiary/aromatic N) is 1. The van der Waals surface area contributed by atoms with Crippen molar-refractivity contribution in [1.29, 1.82) is 0 Å². The molecule has 1 aliphatic heterocycles. The first-order valence-electron chi connectivity index (χ1n) is 6.14. The molecule has 1 heterocycles. The Hall–Kier alpha value is -0.880. The van der Waals surface area contributed by atoms with E-state index in [1.807, 2.05) is 6.92 Å². The molecule has 1 aromatic carbocycles. The van der Waals surface area contributed by atoms with Gasteiger partial charge in [-0.05, 0) is 30.7 Å². The van der Waals surface area contributed by atoms with Crippen molar-refractivity contribution < 1.29 is 8.42 Å². The zero-order valence-corrected chi connectivity index (χ0v) is 12.3. The van der Waals surface area contributed by atoms with Crippen LogP contribution in [0.3, 0.4) is 0 Å². The molecule has 0 aromatic heterocycles. The van der Waals surface area contributed by atoms with E-state index in [-0.39, 0.29) is 6.04 Å². The Morgan fingerprint density at radius 1 is 1.37 bits per heavy atom. The maximum atomic E-state index is 12.2. The molecule has 1 aliphatic rings. The van der Waals surface area contributed by atoms with Crippen LogP contribution in [0.1, 0.15) is 12.5 Å². The molecule has 1 aromatic rings. The van der Waals surface area contributed by atoms with Crippen LogP contribution in [0.5, 0.6) is 0 Å². The fraction of sp³-hybridized carbons (Fsp3) is 0.385. The Labute approximate surface area is 119 Å². The number of nitrogens with one attached hydrogen (secondary N) is 1. The number of rotatable bonds is 3. The molecule has 0 saturated carbocycles. The minimum Gasteiger partial charge on any atom is -0.312 e. The quantitative estimate of drug-likeness (QED) is 0.928. The summed E-state index contributed by atoms with van der Waals surface area (Å²) in [5, 5.41) is 5.11. The SMILES string of the molecule is C[C@@H]1CN(S(=O)(=O)/C=C/c2ccc(Cl)cc2)CCN1. The van der Waals surface area contributed by atoms with E-state index in [9.17, 15) is 8.42 Å². The third kappa shape index (κ3) is 4.04. The van der Waals surface area contributed by atoms with Gasteiger partial charge in [-0.1, -0.05) is 23.7 Å². The zero-order chi connectivity index (χ0) is 13.9. The number of hydrogen-bond donors (Lipinski definition) is 1. The van der Waals surface area contributed by atoms with Gasteiger partial charge in [0.05, 0.1) is 0 Å². The number of hydrogen-bond acceptors (Lipinski definition) is 3. The van der Waals surface area contributed by atoms with E-state index in [1.165, 1.54) is 9.71 Å². The van der Waals surface area contributed by atoms with Gasteiger partial charge in [-0.2, -0.15) is 4.31 Å². The van der Waals surface area contributed by atoms with E-state index >= 15 is 0 Å². The zero-order valence-electron chi connectivity index (χ0n) is 10.7. The standard InChI is InChI=1S/C13H17ClN2O2S/c1-11-10-16(8-7-15-11)19(17,18)9-6-12-2-4-13(14)5-3-12/h2-6,9,11,15H,7-8,10H2,1H3/b9-6+/t11-/m1/s1. The summed E-state index contributed by atoms with van der Waals surface area (Å²) in [4.78, 5) is 0. The van der Waals surface area contributed by atoms with Crippen molar-refractivity contribution in [1.82, 2.24) is 9.62 Å². The monoisotopic (exact) mass is 300 g/mol. The Bertz CT molecular complexity index is 555. The molecule has 0 spiro atoms. The average Bonchev–Trinajstić information content (AvgIpc) is 2.38. The van der Waals surface area contributed by atoms with Gasteiger partial charge in [0, 0.05) is 36.1 Å². The van der Waals surface area contributed by atoms with E-state index in [4.69, 9.17) is 11.6 Å². The van der Waals surface area contributed by atoms with E-state index in [2.05, 4.69) is 5.32 Å². The Kier molecular flexibility index (Phi) is 4.62. The molecule has 0 aliphatic carbocycles. The molecule has 4 nitrogen and oxygen atoms in total. The van der Waals surface area contributed by atoms with E-state index in [0.29, 0.717) is 24.7 Å². The van der Waals surface area contributed by atoms with Crippen molar-refractivity contribution in [3.63, 3.8) is 0 Å². The topological polar surface area (TPSA) is 49.4 Å². The highest BCUT2D eigenvalue weighted by Gasteiger charge is 2.24.